The second-order valence-corrected chi connectivity index (χ2v) is 8.13. The Labute approximate surface area is 201 Å². The summed E-state index contributed by atoms with van der Waals surface area (Å²) in [5.41, 5.74) is 5.17. The Hall–Kier alpha value is -4.11. The monoisotopic (exact) mass is 473 g/mol. The van der Waals surface area contributed by atoms with Crippen molar-refractivity contribution < 1.29 is 13.9 Å². The number of furan rings is 1. The average molecular weight is 474 g/mol. The standard InChI is InChI=1S/C25H23N5O3S/c1-18(15-22-9-6-14-33-22)16-26-27-23(31)17-34-25-29-28-24(19-7-4-3-5-8-19)30(25)20-10-12-21(32-2)13-11-20/h3-16H,17H2,1-2H3,(H,27,31)/b18-15-,26-16+. The number of methoxy groups -OCH3 is 1. The van der Waals surface area contributed by atoms with Gasteiger partial charge < -0.3 is 9.15 Å². The minimum Gasteiger partial charge on any atom is -0.497 e. The Morgan fingerprint density at radius 3 is 2.62 bits per heavy atom. The number of nitrogens with one attached hydrogen (secondary N) is 1. The normalized spacial score (nSPS) is 11.6. The van der Waals surface area contributed by atoms with Gasteiger partial charge in [-0.1, -0.05) is 42.1 Å². The number of thioether (sulfide) groups is 1. The van der Waals surface area contributed by atoms with Gasteiger partial charge in [0.05, 0.1) is 25.3 Å². The van der Waals surface area contributed by atoms with Crippen molar-refractivity contribution in [2.75, 3.05) is 12.9 Å². The van der Waals surface area contributed by atoms with E-state index in [9.17, 15) is 4.79 Å². The maximum absolute atomic E-state index is 12.4. The number of hydrogen-bond donors (Lipinski definition) is 1. The van der Waals surface area contributed by atoms with Crippen LogP contribution in [0.15, 0.2) is 93.2 Å². The summed E-state index contributed by atoms with van der Waals surface area (Å²) >= 11 is 1.28. The maximum Gasteiger partial charge on any atom is 0.250 e. The van der Waals surface area contributed by atoms with Gasteiger partial charge in [0, 0.05) is 11.3 Å². The van der Waals surface area contributed by atoms with Crippen LogP contribution in [-0.4, -0.2) is 39.7 Å². The van der Waals surface area contributed by atoms with E-state index >= 15 is 0 Å². The van der Waals surface area contributed by atoms with Gasteiger partial charge in [0.15, 0.2) is 11.0 Å². The highest BCUT2D eigenvalue weighted by atomic mass is 32.2. The average Bonchev–Trinajstić information content (AvgIpc) is 3.53. The van der Waals surface area contributed by atoms with Gasteiger partial charge >= 0.3 is 0 Å². The number of carbonyl (C=O) groups is 1. The van der Waals surface area contributed by atoms with Crippen LogP contribution in [0.2, 0.25) is 0 Å². The fourth-order valence-electron chi connectivity index (χ4n) is 3.11. The van der Waals surface area contributed by atoms with E-state index in [0.717, 1.165) is 28.3 Å². The first-order valence-corrected chi connectivity index (χ1v) is 11.4. The van der Waals surface area contributed by atoms with Crippen LogP contribution in [0.1, 0.15) is 12.7 Å². The molecule has 2 aromatic heterocycles. The Kier molecular flexibility index (Phi) is 7.56. The van der Waals surface area contributed by atoms with Crippen LogP contribution >= 0.6 is 11.8 Å². The van der Waals surface area contributed by atoms with E-state index in [0.29, 0.717) is 11.0 Å². The predicted molar refractivity (Wildman–Crippen MR) is 133 cm³/mol. The molecule has 8 nitrogen and oxygen atoms in total. The van der Waals surface area contributed by atoms with Gasteiger partial charge in [-0.15, -0.1) is 10.2 Å². The first kappa shape index (κ1) is 23.1. The number of aromatic nitrogens is 3. The number of hydrogen-bond acceptors (Lipinski definition) is 7. The summed E-state index contributed by atoms with van der Waals surface area (Å²) < 4.78 is 12.5. The van der Waals surface area contributed by atoms with Crippen molar-refractivity contribution in [1.82, 2.24) is 20.2 Å². The zero-order valence-electron chi connectivity index (χ0n) is 18.7. The molecular formula is C25H23N5O3S. The van der Waals surface area contributed by atoms with Gasteiger partial charge in [-0.2, -0.15) is 5.10 Å². The molecule has 1 N–H and O–H groups in total. The molecule has 34 heavy (non-hydrogen) atoms. The van der Waals surface area contributed by atoms with Crippen molar-refractivity contribution in [2.45, 2.75) is 12.1 Å². The number of amides is 1. The molecule has 0 aliphatic rings. The van der Waals surface area contributed by atoms with Crippen LogP contribution < -0.4 is 10.2 Å². The summed E-state index contributed by atoms with van der Waals surface area (Å²) in [6.07, 6.45) is 4.99. The molecule has 0 fully saturated rings. The largest absolute Gasteiger partial charge is 0.497 e. The van der Waals surface area contributed by atoms with Gasteiger partial charge in [-0.25, -0.2) is 5.43 Å². The van der Waals surface area contributed by atoms with Gasteiger partial charge in [0.2, 0.25) is 0 Å². The molecule has 1 amide bonds. The van der Waals surface area contributed by atoms with E-state index in [2.05, 4.69) is 20.7 Å². The van der Waals surface area contributed by atoms with Gasteiger partial charge in [-0.05, 0) is 55.0 Å². The minimum absolute atomic E-state index is 0.126. The van der Waals surface area contributed by atoms with Crippen LogP contribution in [0.25, 0.3) is 23.2 Å². The van der Waals surface area contributed by atoms with E-state index in [1.165, 1.54) is 11.8 Å². The second kappa shape index (κ2) is 11.2. The molecule has 0 aliphatic carbocycles. The fourth-order valence-corrected chi connectivity index (χ4v) is 3.85. The number of rotatable bonds is 9. The lowest BCUT2D eigenvalue weighted by atomic mass is 10.2. The van der Waals surface area contributed by atoms with E-state index in [4.69, 9.17) is 9.15 Å². The molecule has 0 saturated carbocycles. The number of nitrogens with zero attached hydrogens (tertiary/aromatic N) is 4. The molecule has 4 aromatic rings. The Bertz CT molecular complexity index is 1280. The molecule has 9 heteroatoms. The zero-order valence-corrected chi connectivity index (χ0v) is 19.5. The molecule has 172 valence electrons. The molecule has 0 atom stereocenters. The van der Waals surface area contributed by atoms with Crippen molar-refractivity contribution >= 4 is 30.0 Å². The smallest absolute Gasteiger partial charge is 0.250 e. The van der Waals surface area contributed by atoms with Gasteiger partial charge in [0.1, 0.15) is 11.5 Å². The van der Waals surface area contributed by atoms with Crippen molar-refractivity contribution in [3.8, 4) is 22.8 Å². The second-order valence-electron chi connectivity index (χ2n) is 7.19. The van der Waals surface area contributed by atoms with E-state index in [1.54, 1.807) is 19.6 Å². The number of carbonyl (C=O) groups excluding carboxylic acids is 1. The molecule has 0 aliphatic heterocycles. The van der Waals surface area contributed by atoms with E-state index in [1.807, 2.05) is 84.3 Å². The van der Waals surface area contributed by atoms with Gasteiger partial charge in [0.25, 0.3) is 5.91 Å². The predicted octanol–water partition coefficient (Wildman–Crippen LogP) is 4.83. The quantitative estimate of drug-likeness (QED) is 0.212. The lowest BCUT2D eigenvalue weighted by Gasteiger charge is -2.11. The lowest BCUT2D eigenvalue weighted by Crippen LogP contribution is -2.20. The van der Waals surface area contributed by atoms with Gasteiger partial charge in [-0.3, -0.25) is 9.36 Å². The first-order valence-electron chi connectivity index (χ1n) is 10.5. The third-order valence-electron chi connectivity index (χ3n) is 4.70. The van der Waals surface area contributed by atoms with Crippen LogP contribution in [0.4, 0.5) is 0 Å². The Morgan fingerprint density at radius 1 is 1.12 bits per heavy atom. The number of benzene rings is 2. The molecule has 0 saturated heterocycles. The van der Waals surface area contributed by atoms with Crippen LogP contribution in [0.3, 0.4) is 0 Å². The van der Waals surface area contributed by atoms with Crippen LogP contribution in [0.5, 0.6) is 5.75 Å². The third kappa shape index (κ3) is 5.81. The van der Waals surface area contributed by atoms with Crippen LogP contribution in [0, 0.1) is 0 Å². The SMILES string of the molecule is COc1ccc(-n2c(SCC(=O)N/N=C/C(C)=C\c3ccco3)nnc2-c2ccccc2)cc1. The van der Waals surface area contributed by atoms with E-state index in [-0.39, 0.29) is 11.7 Å². The van der Waals surface area contributed by atoms with Crippen molar-refractivity contribution in [3.63, 3.8) is 0 Å². The van der Waals surface area contributed by atoms with Crippen molar-refractivity contribution in [3.05, 3.63) is 84.3 Å². The highest BCUT2D eigenvalue weighted by Gasteiger charge is 2.17. The number of hydrazone groups is 1. The fraction of sp³-hybridized carbons (Fsp3) is 0.120. The Balaban J connectivity index is 1.47. The summed E-state index contributed by atoms with van der Waals surface area (Å²) in [5, 5.41) is 13.3. The topological polar surface area (TPSA) is 94.5 Å². The third-order valence-corrected chi connectivity index (χ3v) is 5.63. The summed E-state index contributed by atoms with van der Waals surface area (Å²) in [5.74, 6) is 2.03. The molecule has 2 heterocycles. The molecule has 4 rings (SSSR count). The summed E-state index contributed by atoms with van der Waals surface area (Å²) in [4.78, 5) is 12.4. The van der Waals surface area contributed by atoms with Crippen molar-refractivity contribution in [2.24, 2.45) is 5.10 Å². The molecule has 0 radical (unpaired) electrons. The summed E-state index contributed by atoms with van der Waals surface area (Å²) in [6, 6.07) is 21.0. The summed E-state index contributed by atoms with van der Waals surface area (Å²) in [6.45, 7) is 1.87. The molecular weight excluding hydrogens is 450 g/mol. The lowest BCUT2D eigenvalue weighted by molar-refractivity contribution is -0.118. The molecule has 0 unspecified atom stereocenters. The maximum atomic E-state index is 12.4. The van der Waals surface area contributed by atoms with Crippen molar-refractivity contribution in [1.29, 1.82) is 0 Å². The minimum atomic E-state index is -0.252. The highest BCUT2D eigenvalue weighted by Crippen LogP contribution is 2.28. The Morgan fingerprint density at radius 2 is 1.91 bits per heavy atom. The molecule has 0 bridgehead atoms. The zero-order chi connectivity index (χ0) is 23.8. The van der Waals surface area contributed by atoms with Crippen LogP contribution in [-0.2, 0) is 4.79 Å². The first-order chi connectivity index (χ1) is 16.6. The summed E-state index contributed by atoms with van der Waals surface area (Å²) in [7, 11) is 1.62. The molecule has 2 aromatic carbocycles. The van der Waals surface area contributed by atoms with E-state index < -0.39 is 0 Å². The number of ether oxygens (including phenoxy) is 1. The number of allylic oxidation sites excluding steroid dienone is 1. The molecule has 0 spiro atoms. The highest BCUT2D eigenvalue weighted by molar-refractivity contribution is 7.99.